The fraction of sp³-hybridized carbons (Fsp3) is 0.600. The number of rotatable bonds is 1. The molecule has 2 aliphatic carbocycles. The van der Waals surface area contributed by atoms with Crippen molar-refractivity contribution in [1.82, 2.24) is 0 Å². The minimum atomic E-state index is -1.63. The first-order valence-electron chi connectivity index (χ1n) is 9.15. The van der Waals surface area contributed by atoms with Crippen LogP contribution in [0.25, 0.3) is 0 Å². The monoisotopic (exact) mass is 358 g/mol. The van der Waals surface area contributed by atoms with E-state index in [-0.39, 0.29) is 23.9 Å². The Labute approximate surface area is 151 Å². The summed E-state index contributed by atoms with van der Waals surface area (Å²) >= 11 is 0. The van der Waals surface area contributed by atoms with E-state index in [4.69, 9.17) is 13.9 Å². The highest BCUT2D eigenvalue weighted by Crippen LogP contribution is 2.67. The van der Waals surface area contributed by atoms with Crippen molar-refractivity contribution >= 4 is 11.9 Å². The molecule has 0 spiro atoms. The van der Waals surface area contributed by atoms with Crippen LogP contribution in [0.15, 0.2) is 35.2 Å². The highest BCUT2D eigenvalue weighted by molar-refractivity contribution is 5.86. The van der Waals surface area contributed by atoms with Crippen LogP contribution >= 0.6 is 0 Å². The third kappa shape index (κ3) is 1.71. The fourth-order valence-corrected chi connectivity index (χ4v) is 6.16. The summed E-state index contributed by atoms with van der Waals surface area (Å²) in [7, 11) is 0. The predicted molar refractivity (Wildman–Crippen MR) is 88.6 cm³/mol. The standard InChI is InChI=1S/C20H22O6/c1-18-9-14(11-5-8-24-10-11)25-16(21)12(18)3-6-19(2)15(18)13-4-7-20(19,23)17(22)26-13/h4-5,7-8,10,12-15,23H,3,6,9H2,1-2H3. The molecule has 0 radical (unpaired) electrons. The van der Waals surface area contributed by atoms with Crippen molar-refractivity contribution in [3.05, 3.63) is 36.3 Å². The van der Waals surface area contributed by atoms with Crippen LogP contribution in [0.1, 0.15) is 44.8 Å². The van der Waals surface area contributed by atoms with Crippen LogP contribution in [0.5, 0.6) is 0 Å². The number of cyclic esters (lactones) is 1. The lowest BCUT2D eigenvalue weighted by molar-refractivity contribution is -0.259. The first kappa shape index (κ1) is 16.1. The van der Waals surface area contributed by atoms with Gasteiger partial charge < -0.3 is 19.0 Å². The van der Waals surface area contributed by atoms with E-state index in [0.717, 1.165) is 5.56 Å². The Balaban J connectivity index is 1.61. The number of aliphatic hydroxyl groups is 1. The van der Waals surface area contributed by atoms with Gasteiger partial charge in [0.05, 0.1) is 18.4 Å². The molecule has 7 atom stereocenters. The van der Waals surface area contributed by atoms with Crippen molar-refractivity contribution < 1.29 is 28.6 Å². The summed E-state index contributed by atoms with van der Waals surface area (Å²) in [6.45, 7) is 4.04. The molecule has 7 unspecified atom stereocenters. The van der Waals surface area contributed by atoms with Gasteiger partial charge in [0.25, 0.3) is 0 Å². The molecule has 1 aromatic rings. The van der Waals surface area contributed by atoms with E-state index in [0.29, 0.717) is 19.3 Å². The van der Waals surface area contributed by atoms with E-state index < -0.39 is 28.5 Å². The Morgan fingerprint density at radius 3 is 2.73 bits per heavy atom. The minimum Gasteiger partial charge on any atom is -0.472 e. The zero-order valence-electron chi connectivity index (χ0n) is 14.8. The third-order valence-electron chi connectivity index (χ3n) is 7.51. The first-order chi connectivity index (χ1) is 12.3. The highest BCUT2D eigenvalue weighted by atomic mass is 16.6. The molecule has 1 saturated carbocycles. The zero-order valence-corrected chi connectivity index (χ0v) is 14.8. The van der Waals surface area contributed by atoms with E-state index in [1.54, 1.807) is 24.7 Å². The SMILES string of the molecule is CC12CC(c3ccoc3)OC(=O)C1CCC1(C)C2C2C=CC1(O)C(=O)O2. The zero-order chi connectivity index (χ0) is 18.3. The highest BCUT2D eigenvalue weighted by Gasteiger charge is 2.72. The fourth-order valence-electron chi connectivity index (χ4n) is 6.16. The second-order valence-electron chi connectivity index (χ2n) is 8.67. The second-order valence-corrected chi connectivity index (χ2v) is 8.67. The molecular weight excluding hydrogens is 336 g/mol. The molecule has 3 fully saturated rings. The van der Waals surface area contributed by atoms with E-state index in [9.17, 15) is 14.7 Å². The van der Waals surface area contributed by atoms with E-state index >= 15 is 0 Å². The van der Waals surface area contributed by atoms with Crippen LogP contribution in [-0.4, -0.2) is 28.8 Å². The lowest BCUT2D eigenvalue weighted by Gasteiger charge is -2.65. The number of hydrogen-bond acceptors (Lipinski definition) is 6. The van der Waals surface area contributed by atoms with Gasteiger partial charge in [-0.05, 0) is 42.9 Å². The normalized spacial score (nSPS) is 49.2. The van der Waals surface area contributed by atoms with Gasteiger partial charge in [-0.15, -0.1) is 0 Å². The van der Waals surface area contributed by atoms with Crippen molar-refractivity contribution in [2.45, 2.75) is 50.9 Å². The van der Waals surface area contributed by atoms with Gasteiger partial charge in [-0.1, -0.05) is 13.8 Å². The molecule has 4 heterocycles. The maximum Gasteiger partial charge on any atom is 0.343 e. The van der Waals surface area contributed by atoms with Crippen LogP contribution in [0, 0.1) is 22.7 Å². The topological polar surface area (TPSA) is 86.0 Å². The number of hydrogen-bond donors (Lipinski definition) is 1. The molecule has 3 aliphatic heterocycles. The van der Waals surface area contributed by atoms with Gasteiger partial charge in [0.2, 0.25) is 0 Å². The van der Waals surface area contributed by atoms with Crippen molar-refractivity contribution in [1.29, 1.82) is 0 Å². The molecule has 6 nitrogen and oxygen atoms in total. The van der Waals surface area contributed by atoms with Crippen LogP contribution in [0.4, 0.5) is 0 Å². The van der Waals surface area contributed by atoms with Crippen molar-refractivity contribution in [3.63, 3.8) is 0 Å². The third-order valence-corrected chi connectivity index (χ3v) is 7.51. The van der Waals surface area contributed by atoms with Gasteiger partial charge in [0.1, 0.15) is 12.2 Å². The molecule has 1 N–H and O–H groups in total. The van der Waals surface area contributed by atoms with Gasteiger partial charge in [0, 0.05) is 16.9 Å². The smallest absolute Gasteiger partial charge is 0.343 e. The number of carbonyl (C=O) groups is 2. The molecule has 26 heavy (non-hydrogen) atoms. The quantitative estimate of drug-likeness (QED) is 0.613. The summed E-state index contributed by atoms with van der Waals surface area (Å²) in [6, 6.07) is 1.81. The summed E-state index contributed by atoms with van der Waals surface area (Å²) in [5.41, 5.74) is -1.91. The molecular formula is C20H22O6. The summed E-state index contributed by atoms with van der Waals surface area (Å²) in [5, 5.41) is 11.2. The molecule has 2 bridgehead atoms. The number of carbonyl (C=O) groups excluding carboxylic acids is 2. The first-order valence-corrected chi connectivity index (χ1v) is 9.15. The summed E-state index contributed by atoms with van der Waals surface area (Å²) < 4.78 is 16.4. The van der Waals surface area contributed by atoms with Crippen molar-refractivity contribution in [3.8, 4) is 0 Å². The summed E-state index contributed by atoms with van der Waals surface area (Å²) in [4.78, 5) is 25.2. The van der Waals surface area contributed by atoms with E-state index in [2.05, 4.69) is 6.92 Å². The van der Waals surface area contributed by atoms with Gasteiger partial charge in [-0.3, -0.25) is 4.79 Å². The van der Waals surface area contributed by atoms with E-state index in [1.165, 1.54) is 0 Å². The number of esters is 2. The Kier molecular flexibility index (Phi) is 2.97. The largest absolute Gasteiger partial charge is 0.472 e. The van der Waals surface area contributed by atoms with Gasteiger partial charge in [-0.25, -0.2) is 4.79 Å². The summed E-state index contributed by atoms with van der Waals surface area (Å²) in [5.74, 6) is -1.20. The minimum absolute atomic E-state index is 0.149. The molecule has 5 aliphatic rings. The Morgan fingerprint density at radius 1 is 1.23 bits per heavy atom. The lowest BCUT2D eigenvalue weighted by atomic mass is 9.42. The van der Waals surface area contributed by atoms with Crippen LogP contribution in [0.3, 0.4) is 0 Å². The molecule has 138 valence electrons. The predicted octanol–water partition coefficient (Wildman–Crippen LogP) is 2.53. The van der Waals surface area contributed by atoms with Gasteiger partial charge in [0.15, 0.2) is 5.60 Å². The van der Waals surface area contributed by atoms with Crippen molar-refractivity contribution in [2.24, 2.45) is 22.7 Å². The van der Waals surface area contributed by atoms with Crippen molar-refractivity contribution in [2.75, 3.05) is 0 Å². The molecule has 6 rings (SSSR count). The molecule has 0 aromatic carbocycles. The number of furan rings is 1. The Hall–Kier alpha value is -2.08. The molecule has 2 saturated heterocycles. The average molecular weight is 358 g/mol. The Bertz CT molecular complexity index is 812. The van der Waals surface area contributed by atoms with Gasteiger partial charge in [-0.2, -0.15) is 0 Å². The lowest BCUT2D eigenvalue weighted by Crippen LogP contribution is -2.72. The van der Waals surface area contributed by atoms with Crippen LogP contribution < -0.4 is 0 Å². The van der Waals surface area contributed by atoms with Crippen LogP contribution in [-0.2, 0) is 19.1 Å². The average Bonchev–Trinajstić information content (AvgIpc) is 3.10. The Morgan fingerprint density at radius 2 is 2.04 bits per heavy atom. The van der Waals surface area contributed by atoms with E-state index in [1.807, 2.05) is 13.0 Å². The van der Waals surface area contributed by atoms with Gasteiger partial charge >= 0.3 is 11.9 Å². The molecule has 1 aromatic heterocycles. The van der Waals surface area contributed by atoms with Crippen LogP contribution in [0.2, 0.25) is 0 Å². The maximum absolute atomic E-state index is 12.8. The number of ether oxygens (including phenoxy) is 2. The number of fused-ring (bicyclic) bond motifs is 2. The second kappa shape index (κ2) is 4.80. The summed E-state index contributed by atoms with van der Waals surface area (Å²) in [6.07, 6.45) is 7.52. The molecule has 6 heteroatoms. The maximum atomic E-state index is 12.8. The molecule has 0 amide bonds.